The summed E-state index contributed by atoms with van der Waals surface area (Å²) in [6.07, 6.45) is -0.385. The molecule has 44 heavy (non-hydrogen) atoms. The summed E-state index contributed by atoms with van der Waals surface area (Å²) in [5, 5.41) is 17.4. The van der Waals surface area contributed by atoms with Gasteiger partial charge >= 0.3 is 6.09 Å². The Morgan fingerprint density at radius 2 is 1.50 bits per heavy atom. The summed E-state index contributed by atoms with van der Waals surface area (Å²) >= 11 is 0. The van der Waals surface area contributed by atoms with Crippen molar-refractivity contribution in [3.8, 4) is 0 Å². The smallest absolute Gasteiger partial charge is 0.407 e. The number of aliphatic hydroxyl groups excluding tert-OH is 1. The number of carbonyl (C=O) groups excluding carboxylic acids is 4. The molecule has 1 heterocycles. The van der Waals surface area contributed by atoms with Crippen molar-refractivity contribution in [1.82, 2.24) is 15.5 Å². The lowest BCUT2D eigenvalue weighted by molar-refractivity contribution is -0.141. The Morgan fingerprint density at radius 3 is 2.07 bits per heavy atom. The highest BCUT2D eigenvalue weighted by molar-refractivity contribution is 5.90. The molecule has 2 aromatic carbocycles. The van der Waals surface area contributed by atoms with Gasteiger partial charge in [-0.2, -0.15) is 0 Å². The molecule has 1 aliphatic rings. The molecule has 3 N–H and O–H groups in total. The standard InChI is InChI=1S/C35H49N3O6/c1-23(2)31(33(42)38-18-16-28(39)17-19-38)37-32(41)27(20-26-14-12-24(3)13-15-26)22-30(40)29(21-25-10-8-7-9-11-25)36-34(43)44-35(4,5)6/h7-15,23,27,29-31,40H,16-22H2,1-6H3,(H,36,43)(H,37,41)/t27?,29?,30?,31-/m0/s1. The van der Waals surface area contributed by atoms with Crippen molar-refractivity contribution in [2.24, 2.45) is 11.8 Å². The average molecular weight is 608 g/mol. The zero-order valence-corrected chi connectivity index (χ0v) is 27.0. The van der Waals surface area contributed by atoms with Gasteiger partial charge in [0.05, 0.1) is 12.1 Å². The van der Waals surface area contributed by atoms with Gasteiger partial charge in [-0.1, -0.05) is 74.0 Å². The Balaban J connectivity index is 1.84. The number of alkyl carbamates (subject to hydrolysis) is 1. The number of amides is 3. The molecular weight excluding hydrogens is 558 g/mol. The Labute approximate surface area is 261 Å². The van der Waals surface area contributed by atoms with Crippen LogP contribution in [0.1, 0.15) is 70.6 Å². The second-order valence-electron chi connectivity index (χ2n) is 13.2. The van der Waals surface area contributed by atoms with Crippen LogP contribution >= 0.6 is 0 Å². The molecule has 4 atom stereocenters. The Kier molecular flexibility index (Phi) is 12.5. The molecule has 1 aliphatic heterocycles. The quantitative estimate of drug-likeness (QED) is 0.329. The summed E-state index contributed by atoms with van der Waals surface area (Å²) < 4.78 is 5.48. The van der Waals surface area contributed by atoms with E-state index < -0.39 is 35.8 Å². The summed E-state index contributed by atoms with van der Waals surface area (Å²) in [5.41, 5.74) is 2.20. The van der Waals surface area contributed by atoms with Gasteiger partial charge in [0.15, 0.2) is 0 Å². The monoisotopic (exact) mass is 607 g/mol. The number of ether oxygens (including phenoxy) is 1. The summed E-state index contributed by atoms with van der Waals surface area (Å²) in [6.45, 7) is 11.7. The first-order valence-corrected chi connectivity index (χ1v) is 15.6. The number of likely N-dealkylation sites (tertiary alicyclic amines) is 1. The molecule has 3 amide bonds. The first kappa shape index (κ1) is 34.8. The third-order valence-corrected chi connectivity index (χ3v) is 7.83. The van der Waals surface area contributed by atoms with E-state index in [0.29, 0.717) is 38.8 Å². The minimum Gasteiger partial charge on any atom is -0.444 e. The second kappa shape index (κ2) is 15.8. The number of Topliss-reactive ketones (excluding diaryl/α,β-unsaturated/α-hetero) is 1. The lowest BCUT2D eigenvalue weighted by atomic mass is 9.88. The van der Waals surface area contributed by atoms with E-state index in [1.165, 1.54) is 0 Å². The number of carbonyl (C=O) groups is 4. The molecule has 1 saturated heterocycles. The Bertz CT molecular complexity index is 1250. The molecule has 9 nitrogen and oxygen atoms in total. The van der Waals surface area contributed by atoms with Crippen LogP contribution in [0.5, 0.6) is 0 Å². The van der Waals surface area contributed by atoms with Crippen LogP contribution in [-0.2, 0) is 32.0 Å². The second-order valence-corrected chi connectivity index (χ2v) is 13.2. The van der Waals surface area contributed by atoms with Crippen LogP contribution in [0.4, 0.5) is 4.79 Å². The maximum atomic E-state index is 13.9. The first-order valence-electron chi connectivity index (χ1n) is 15.6. The van der Waals surface area contributed by atoms with E-state index in [1.807, 2.05) is 75.4 Å². The molecule has 0 aliphatic carbocycles. The van der Waals surface area contributed by atoms with Gasteiger partial charge in [-0.15, -0.1) is 0 Å². The number of aliphatic hydroxyl groups is 1. The maximum absolute atomic E-state index is 13.9. The van der Waals surface area contributed by atoms with E-state index in [4.69, 9.17) is 4.74 Å². The van der Waals surface area contributed by atoms with Crippen LogP contribution in [0.15, 0.2) is 54.6 Å². The molecular formula is C35H49N3O6. The highest BCUT2D eigenvalue weighted by Gasteiger charge is 2.35. The topological polar surface area (TPSA) is 125 Å². The lowest BCUT2D eigenvalue weighted by Gasteiger charge is -2.33. The molecule has 1 fully saturated rings. The fourth-order valence-corrected chi connectivity index (χ4v) is 5.32. The van der Waals surface area contributed by atoms with Crippen molar-refractivity contribution in [3.63, 3.8) is 0 Å². The number of nitrogens with one attached hydrogen (secondary N) is 2. The number of rotatable bonds is 12. The van der Waals surface area contributed by atoms with Crippen LogP contribution in [-0.4, -0.2) is 70.6 Å². The van der Waals surface area contributed by atoms with Crippen LogP contribution in [0.2, 0.25) is 0 Å². The predicted octanol–water partition coefficient (Wildman–Crippen LogP) is 4.37. The van der Waals surface area contributed by atoms with Crippen molar-refractivity contribution in [2.75, 3.05) is 13.1 Å². The van der Waals surface area contributed by atoms with Gasteiger partial charge in [-0.3, -0.25) is 14.4 Å². The largest absolute Gasteiger partial charge is 0.444 e. The van der Waals surface area contributed by atoms with Crippen molar-refractivity contribution in [1.29, 1.82) is 0 Å². The van der Waals surface area contributed by atoms with Crippen molar-refractivity contribution >= 4 is 23.7 Å². The van der Waals surface area contributed by atoms with Crippen molar-refractivity contribution < 1.29 is 29.0 Å². The van der Waals surface area contributed by atoms with E-state index >= 15 is 0 Å². The molecule has 0 saturated carbocycles. The van der Waals surface area contributed by atoms with E-state index in [-0.39, 0.29) is 29.9 Å². The highest BCUT2D eigenvalue weighted by atomic mass is 16.6. The molecule has 0 aromatic heterocycles. The highest BCUT2D eigenvalue weighted by Crippen LogP contribution is 2.21. The summed E-state index contributed by atoms with van der Waals surface area (Å²) in [4.78, 5) is 53.6. The Hall–Kier alpha value is -3.72. The number of aryl methyl sites for hydroxylation is 1. The minimum absolute atomic E-state index is 0.0459. The van der Waals surface area contributed by atoms with Crippen molar-refractivity contribution in [3.05, 3.63) is 71.3 Å². The number of nitrogens with zero attached hydrogens (tertiary/aromatic N) is 1. The van der Waals surface area contributed by atoms with Crippen LogP contribution in [0, 0.1) is 18.8 Å². The van der Waals surface area contributed by atoms with E-state index in [1.54, 1.807) is 25.7 Å². The number of hydrogen-bond acceptors (Lipinski definition) is 6. The summed E-state index contributed by atoms with van der Waals surface area (Å²) in [7, 11) is 0. The minimum atomic E-state index is -1.09. The predicted molar refractivity (Wildman–Crippen MR) is 170 cm³/mol. The van der Waals surface area contributed by atoms with Gasteiger partial charge < -0.3 is 25.4 Å². The SMILES string of the molecule is Cc1ccc(CC(CC(O)C(Cc2ccccc2)NC(=O)OC(C)(C)C)C(=O)N[C@H](C(=O)N2CCC(=O)CC2)C(C)C)cc1. The number of hydrogen-bond donors (Lipinski definition) is 3. The van der Waals surface area contributed by atoms with Crippen LogP contribution in [0.3, 0.4) is 0 Å². The van der Waals surface area contributed by atoms with Gasteiger partial charge in [-0.05, 0) is 64.0 Å². The van der Waals surface area contributed by atoms with Gasteiger partial charge in [0.1, 0.15) is 17.4 Å². The average Bonchev–Trinajstić information content (AvgIpc) is 2.95. The van der Waals surface area contributed by atoms with E-state index in [9.17, 15) is 24.3 Å². The zero-order chi connectivity index (χ0) is 32.4. The maximum Gasteiger partial charge on any atom is 0.407 e. The summed E-state index contributed by atoms with van der Waals surface area (Å²) in [5.74, 6) is -1.29. The van der Waals surface area contributed by atoms with Gasteiger partial charge in [0, 0.05) is 31.8 Å². The molecule has 0 spiro atoms. The third kappa shape index (κ3) is 11.1. The van der Waals surface area contributed by atoms with Crippen molar-refractivity contribution in [2.45, 2.75) is 97.4 Å². The normalized spacial score (nSPS) is 16.5. The number of ketones is 1. The lowest BCUT2D eigenvalue weighted by Crippen LogP contribution is -2.54. The number of piperidine rings is 1. The molecule has 3 rings (SSSR count). The molecule has 3 unspecified atom stereocenters. The molecule has 2 aromatic rings. The molecule has 240 valence electrons. The number of benzene rings is 2. The van der Waals surface area contributed by atoms with Crippen LogP contribution < -0.4 is 10.6 Å². The Morgan fingerprint density at radius 1 is 0.909 bits per heavy atom. The third-order valence-electron chi connectivity index (χ3n) is 7.83. The fraction of sp³-hybridized carbons (Fsp3) is 0.543. The van der Waals surface area contributed by atoms with Gasteiger partial charge in [0.2, 0.25) is 11.8 Å². The summed E-state index contributed by atoms with van der Waals surface area (Å²) in [6, 6.07) is 15.9. The van der Waals surface area contributed by atoms with Crippen LogP contribution in [0.25, 0.3) is 0 Å². The molecule has 0 radical (unpaired) electrons. The van der Waals surface area contributed by atoms with E-state index in [0.717, 1.165) is 16.7 Å². The zero-order valence-electron chi connectivity index (χ0n) is 27.0. The first-order chi connectivity index (χ1) is 20.7. The van der Waals surface area contributed by atoms with Gasteiger partial charge in [-0.25, -0.2) is 4.79 Å². The van der Waals surface area contributed by atoms with Gasteiger partial charge in [0.25, 0.3) is 0 Å². The molecule has 9 heteroatoms. The molecule has 0 bridgehead atoms. The van der Waals surface area contributed by atoms with E-state index in [2.05, 4.69) is 10.6 Å². The fourth-order valence-electron chi connectivity index (χ4n) is 5.32.